The molecule has 106 valence electrons. The van der Waals surface area contributed by atoms with E-state index in [4.69, 9.17) is 11.6 Å². The molecule has 0 aliphatic carbocycles. The molecule has 3 nitrogen and oxygen atoms in total. The van der Waals surface area contributed by atoms with Crippen LogP contribution in [0.15, 0.2) is 53.4 Å². The molecule has 0 radical (unpaired) electrons. The Morgan fingerprint density at radius 1 is 1.00 bits per heavy atom. The fourth-order valence-electron chi connectivity index (χ4n) is 1.78. The number of rotatable bonds is 4. The molecular weight excluding hydrogens is 294 g/mol. The molecule has 0 heterocycles. The van der Waals surface area contributed by atoms with E-state index in [-0.39, 0.29) is 4.90 Å². The summed E-state index contributed by atoms with van der Waals surface area (Å²) in [5, 5.41) is 0.370. The maximum Gasteiger partial charge on any atom is 0.261 e. The highest BCUT2D eigenvalue weighted by atomic mass is 35.5. The Hall–Kier alpha value is -1.52. The summed E-state index contributed by atoms with van der Waals surface area (Å²) in [6.07, 6.45) is 0. The fourth-order valence-corrected chi connectivity index (χ4v) is 3.10. The quantitative estimate of drug-likeness (QED) is 0.917. The van der Waals surface area contributed by atoms with Gasteiger partial charge in [0, 0.05) is 0 Å². The molecule has 0 saturated carbocycles. The van der Waals surface area contributed by atoms with Gasteiger partial charge in [0.05, 0.1) is 15.6 Å². The molecule has 1 N–H and O–H groups in total. The van der Waals surface area contributed by atoms with Gasteiger partial charge in [-0.25, -0.2) is 8.42 Å². The van der Waals surface area contributed by atoms with Gasteiger partial charge in [-0.2, -0.15) is 0 Å². The Morgan fingerprint density at radius 3 is 2.15 bits per heavy atom. The minimum atomic E-state index is -3.61. The first-order chi connectivity index (χ1) is 9.40. The SMILES string of the molecule is CC(C)c1ccc(S(=O)(=O)Nc2ccccc2Cl)cc1. The van der Waals surface area contributed by atoms with Gasteiger partial charge in [-0.15, -0.1) is 0 Å². The molecule has 5 heteroatoms. The highest BCUT2D eigenvalue weighted by Crippen LogP contribution is 2.24. The molecule has 2 aromatic rings. The minimum Gasteiger partial charge on any atom is -0.278 e. The van der Waals surface area contributed by atoms with E-state index in [2.05, 4.69) is 18.6 Å². The van der Waals surface area contributed by atoms with Gasteiger partial charge in [-0.1, -0.05) is 49.7 Å². The van der Waals surface area contributed by atoms with Gasteiger partial charge in [-0.3, -0.25) is 4.72 Å². The third-order valence-corrected chi connectivity index (χ3v) is 4.69. The second-order valence-electron chi connectivity index (χ2n) is 4.81. The van der Waals surface area contributed by atoms with E-state index in [0.717, 1.165) is 5.56 Å². The first-order valence-electron chi connectivity index (χ1n) is 6.27. The molecule has 2 aromatic carbocycles. The van der Waals surface area contributed by atoms with Crippen LogP contribution in [-0.4, -0.2) is 8.42 Å². The number of halogens is 1. The highest BCUT2D eigenvalue weighted by Gasteiger charge is 2.15. The van der Waals surface area contributed by atoms with Gasteiger partial charge in [0.1, 0.15) is 0 Å². The molecule has 0 spiro atoms. The average Bonchev–Trinajstić information content (AvgIpc) is 2.41. The molecule has 0 aliphatic heterocycles. The monoisotopic (exact) mass is 309 g/mol. The maximum absolute atomic E-state index is 12.3. The Morgan fingerprint density at radius 2 is 1.60 bits per heavy atom. The van der Waals surface area contributed by atoms with Gasteiger partial charge in [-0.05, 0) is 35.7 Å². The zero-order valence-electron chi connectivity index (χ0n) is 11.3. The molecule has 0 aliphatic rings. The summed E-state index contributed by atoms with van der Waals surface area (Å²) >= 11 is 5.96. The molecule has 2 rings (SSSR count). The van der Waals surface area contributed by atoms with E-state index < -0.39 is 10.0 Å². The normalized spacial score (nSPS) is 11.6. The van der Waals surface area contributed by atoms with Crippen molar-refractivity contribution in [2.75, 3.05) is 4.72 Å². The average molecular weight is 310 g/mol. The fraction of sp³-hybridized carbons (Fsp3) is 0.200. The van der Waals surface area contributed by atoms with Crippen molar-refractivity contribution in [3.63, 3.8) is 0 Å². The Labute approximate surface area is 124 Å². The zero-order chi connectivity index (χ0) is 14.8. The lowest BCUT2D eigenvalue weighted by molar-refractivity contribution is 0.601. The second kappa shape index (κ2) is 5.85. The molecule has 0 bridgehead atoms. The summed E-state index contributed by atoms with van der Waals surface area (Å²) in [6, 6.07) is 13.6. The maximum atomic E-state index is 12.3. The van der Waals surface area contributed by atoms with E-state index in [9.17, 15) is 8.42 Å². The predicted octanol–water partition coefficient (Wildman–Crippen LogP) is 4.26. The van der Waals surface area contributed by atoms with Crippen molar-refractivity contribution in [3.8, 4) is 0 Å². The highest BCUT2D eigenvalue weighted by molar-refractivity contribution is 7.92. The van der Waals surface area contributed by atoms with E-state index in [1.54, 1.807) is 36.4 Å². The smallest absolute Gasteiger partial charge is 0.261 e. The standard InChI is InChI=1S/C15H16ClNO2S/c1-11(2)12-7-9-13(10-8-12)20(18,19)17-15-6-4-3-5-14(15)16/h3-11,17H,1-2H3. The lowest BCUT2D eigenvalue weighted by Crippen LogP contribution is -2.13. The van der Waals surface area contributed by atoms with E-state index >= 15 is 0 Å². The van der Waals surface area contributed by atoms with Crippen LogP contribution in [0, 0.1) is 0 Å². The molecule has 0 atom stereocenters. The summed E-state index contributed by atoms with van der Waals surface area (Å²) in [6.45, 7) is 4.12. The van der Waals surface area contributed by atoms with Crippen LogP contribution in [0.25, 0.3) is 0 Å². The molecule has 0 amide bonds. The number of nitrogens with one attached hydrogen (secondary N) is 1. The number of hydrogen-bond acceptors (Lipinski definition) is 2. The van der Waals surface area contributed by atoms with E-state index in [1.807, 2.05) is 12.1 Å². The second-order valence-corrected chi connectivity index (χ2v) is 6.90. The topological polar surface area (TPSA) is 46.2 Å². The number of benzene rings is 2. The lowest BCUT2D eigenvalue weighted by Gasteiger charge is -2.11. The number of para-hydroxylation sites is 1. The van der Waals surface area contributed by atoms with Gasteiger partial charge in [0.25, 0.3) is 10.0 Å². The van der Waals surface area contributed by atoms with Crippen molar-refractivity contribution in [1.82, 2.24) is 0 Å². The van der Waals surface area contributed by atoms with Gasteiger partial charge in [0.2, 0.25) is 0 Å². The van der Waals surface area contributed by atoms with Crippen molar-refractivity contribution in [3.05, 3.63) is 59.1 Å². The molecule has 0 aromatic heterocycles. The van der Waals surface area contributed by atoms with Gasteiger partial charge >= 0.3 is 0 Å². The summed E-state index contributed by atoms with van der Waals surface area (Å²) < 4.78 is 27.0. The van der Waals surface area contributed by atoms with Crippen LogP contribution in [0.3, 0.4) is 0 Å². The molecule has 0 unspecified atom stereocenters. The molecular formula is C15H16ClNO2S. The zero-order valence-corrected chi connectivity index (χ0v) is 12.9. The third-order valence-electron chi connectivity index (χ3n) is 2.98. The van der Waals surface area contributed by atoms with Crippen molar-refractivity contribution in [2.45, 2.75) is 24.7 Å². The van der Waals surface area contributed by atoms with Crippen molar-refractivity contribution in [1.29, 1.82) is 0 Å². The van der Waals surface area contributed by atoms with E-state index in [1.165, 1.54) is 0 Å². The van der Waals surface area contributed by atoms with E-state index in [0.29, 0.717) is 16.6 Å². The molecule has 0 saturated heterocycles. The Kier molecular flexibility index (Phi) is 4.35. The lowest BCUT2D eigenvalue weighted by atomic mass is 10.0. The Bertz CT molecular complexity index is 694. The summed E-state index contributed by atoms with van der Waals surface area (Å²) in [5.74, 6) is 0.364. The van der Waals surface area contributed by atoms with Crippen LogP contribution in [0.1, 0.15) is 25.3 Å². The Balaban J connectivity index is 2.29. The first kappa shape index (κ1) is 14.9. The first-order valence-corrected chi connectivity index (χ1v) is 8.13. The summed E-state index contributed by atoms with van der Waals surface area (Å²) in [7, 11) is -3.61. The number of anilines is 1. The van der Waals surface area contributed by atoms with Crippen molar-refractivity contribution >= 4 is 27.3 Å². The van der Waals surface area contributed by atoms with Crippen molar-refractivity contribution < 1.29 is 8.42 Å². The van der Waals surface area contributed by atoms with Gasteiger partial charge in [0.15, 0.2) is 0 Å². The predicted molar refractivity (Wildman–Crippen MR) is 82.8 cm³/mol. The van der Waals surface area contributed by atoms with Crippen LogP contribution >= 0.6 is 11.6 Å². The summed E-state index contributed by atoms with van der Waals surface area (Å²) in [5.41, 5.74) is 1.48. The van der Waals surface area contributed by atoms with Crippen LogP contribution in [0.4, 0.5) is 5.69 Å². The van der Waals surface area contributed by atoms with Gasteiger partial charge < -0.3 is 0 Å². The molecule has 0 fully saturated rings. The third kappa shape index (κ3) is 3.32. The molecule has 20 heavy (non-hydrogen) atoms. The van der Waals surface area contributed by atoms with Crippen LogP contribution in [0.2, 0.25) is 5.02 Å². The number of sulfonamides is 1. The van der Waals surface area contributed by atoms with Crippen LogP contribution in [-0.2, 0) is 10.0 Å². The van der Waals surface area contributed by atoms with Crippen LogP contribution < -0.4 is 4.72 Å². The van der Waals surface area contributed by atoms with Crippen LogP contribution in [0.5, 0.6) is 0 Å². The van der Waals surface area contributed by atoms with Crippen molar-refractivity contribution in [2.24, 2.45) is 0 Å². The number of hydrogen-bond donors (Lipinski definition) is 1. The minimum absolute atomic E-state index is 0.224. The summed E-state index contributed by atoms with van der Waals surface area (Å²) in [4.78, 5) is 0.224. The largest absolute Gasteiger partial charge is 0.278 e.